The number of nitrogens with one attached hydrogen (secondary N) is 1. The second-order valence-electron chi connectivity index (χ2n) is 3.95. The first-order chi connectivity index (χ1) is 9.40. The molecule has 7 heteroatoms. The summed E-state index contributed by atoms with van der Waals surface area (Å²) in [5.74, 6) is 0.373. The average Bonchev–Trinajstić information content (AvgIpc) is 2.87. The van der Waals surface area contributed by atoms with E-state index in [0.717, 1.165) is 5.56 Å². The zero-order valence-corrected chi connectivity index (χ0v) is 12.3. The van der Waals surface area contributed by atoms with Gasteiger partial charge in [-0.05, 0) is 36.4 Å². The van der Waals surface area contributed by atoms with Gasteiger partial charge in [-0.15, -0.1) is 0 Å². The maximum absolute atomic E-state index is 11.5. The van der Waals surface area contributed by atoms with E-state index in [2.05, 4.69) is 5.32 Å². The molecule has 4 nitrogen and oxygen atoms in total. The summed E-state index contributed by atoms with van der Waals surface area (Å²) in [6, 6.07) is 10.2. The van der Waals surface area contributed by atoms with Crippen LogP contribution in [0.1, 0.15) is 5.76 Å². The number of aliphatic hydroxyl groups is 1. The van der Waals surface area contributed by atoms with Gasteiger partial charge >= 0.3 is 0 Å². The summed E-state index contributed by atoms with van der Waals surface area (Å²) in [6.45, 7) is -0.155. The van der Waals surface area contributed by atoms with E-state index in [1.807, 2.05) is 0 Å². The van der Waals surface area contributed by atoms with Crippen LogP contribution in [0, 0.1) is 0 Å². The fourth-order valence-electron chi connectivity index (χ4n) is 1.54. The van der Waals surface area contributed by atoms with Crippen LogP contribution in [-0.4, -0.2) is 14.8 Å². The maximum Gasteiger partial charge on any atom is 0.276 e. The van der Waals surface area contributed by atoms with E-state index in [-0.39, 0.29) is 6.61 Å². The van der Waals surface area contributed by atoms with Gasteiger partial charge in [0.1, 0.15) is 18.1 Å². The minimum Gasteiger partial charge on any atom is -0.459 e. The predicted octanol–water partition coefficient (Wildman–Crippen LogP) is 3.75. The molecule has 0 fully saturated rings. The van der Waals surface area contributed by atoms with Crippen molar-refractivity contribution < 1.29 is 14.3 Å². The van der Waals surface area contributed by atoms with Crippen LogP contribution in [0.2, 0.25) is 0 Å². The van der Waals surface area contributed by atoms with Crippen LogP contribution < -0.4 is 5.32 Å². The number of hydrogen-bond donors (Lipinski definition) is 2. The van der Waals surface area contributed by atoms with Gasteiger partial charge in [0.05, 0.1) is 0 Å². The molecule has 1 amide bonds. The molecule has 2 N–H and O–H groups in total. The van der Waals surface area contributed by atoms with Gasteiger partial charge in [-0.1, -0.05) is 34.8 Å². The number of halogens is 3. The molecule has 0 saturated carbocycles. The molecule has 0 aliphatic carbocycles. The number of alkyl halides is 3. The zero-order chi connectivity index (χ0) is 14.8. The number of hydrogen-bond acceptors (Lipinski definition) is 3. The van der Waals surface area contributed by atoms with Gasteiger partial charge in [0.15, 0.2) is 0 Å². The molecular weight excluding hydrogens is 325 g/mol. The molecule has 1 heterocycles. The highest BCUT2D eigenvalue weighted by Gasteiger charge is 2.30. The number of carbonyl (C=O) groups is 1. The smallest absolute Gasteiger partial charge is 0.276 e. The second-order valence-corrected chi connectivity index (χ2v) is 6.23. The lowest BCUT2D eigenvalue weighted by molar-refractivity contribution is -0.115. The van der Waals surface area contributed by atoms with Crippen molar-refractivity contribution in [2.75, 3.05) is 5.32 Å². The van der Waals surface area contributed by atoms with E-state index in [0.29, 0.717) is 17.2 Å². The summed E-state index contributed by atoms with van der Waals surface area (Å²) in [6.07, 6.45) is 0. The van der Waals surface area contributed by atoms with Gasteiger partial charge in [-0.25, -0.2) is 0 Å². The van der Waals surface area contributed by atoms with E-state index in [9.17, 15) is 4.79 Å². The lowest BCUT2D eigenvalue weighted by Gasteiger charge is -2.11. The molecule has 2 aromatic rings. The van der Waals surface area contributed by atoms with Crippen molar-refractivity contribution in [3.05, 3.63) is 42.2 Å². The van der Waals surface area contributed by atoms with Gasteiger partial charge in [-0.2, -0.15) is 0 Å². The molecule has 0 aliphatic rings. The molecular formula is C13H10Cl3NO3. The SMILES string of the molecule is O=C(Nc1ccc(-c2ccc(CO)o2)cc1)C(Cl)(Cl)Cl. The Balaban J connectivity index is 2.12. The third-order valence-corrected chi connectivity index (χ3v) is 3.02. The lowest BCUT2D eigenvalue weighted by Crippen LogP contribution is -2.26. The number of rotatable bonds is 3. The Labute approximate surface area is 130 Å². The minimum absolute atomic E-state index is 0.155. The van der Waals surface area contributed by atoms with Crippen molar-refractivity contribution in [2.24, 2.45) is 0 Å². The fourth-order valence-corrected chi connectivity index (χ4v) is 1.68. The Morgan fingerprint density at radius 3 is 2.30 bits per heavy atom. The second kappa shape index (κ2) is 6.06. The first kappa shape index (κ1) is 15.2. The van der Waals surface area contributed by atoms with E-state index >= 15 is 0 Å². The van der Waals surface area contributed by atoms with E-state index < -0.39 is 9.70 Å². The Bertz CT molecular complexity index is 602. The largest absolute Gasteiger partial charge is 0.459 e. The molecule has 0 aliphatic heterocycles. The Hall–Kier alpha value is -1.20. The number of aliphatic hydroxyl groups excluding tert-OH is 1. The monoisotopic (exact) mass is 333 g/mol. The molecule has 0 atom stereocenters. The van der Waals surface area contributed by atoms with Crippen LogP contribution in [0.15, 0.2) is 40.8 Å². The molecule has 0 unspecified atom stereocenters. The first-order valence-corrected chi connectivity index (χ1v) is 6.72. The molecule has 1 aromatic carbocycles. The lowest BCUT2D eigenvalue weighted by atomic mass is 10.1. The van der Waals surface area contributed by atoms with Crippen molar-refractivity contribution >= 4 is 46.4 Å². The Kier molecular flexibility index (Phi) is 4.60. The fraction of sp³-hybridized carbons (Fsp3) is 0.154. The standard InChI is InChI=1S/C13H10Cl3NO3/c14-13(15,16)12(19)17-9-3-1-8(2-4-9)11-6-5-10(7-18)20-11/h1-6,18H,7H2,(H,17,19). The van der Waals surface area contributed by atoms with Crippen LogP contribution >= 0.6 is 34.8 Å². The quantitative estimate of drug-likeness (QED) is 0.840. The number of carbonyl (C=O) groups excluding carboxylic acids is 1. The van der Waals surface area contributed by atoms with Gasteiger partial charge in [0.2, 0.25) is 0 Å². The molecule has 2 rings (SSSR count). The Morgan fingerprint density at radius 1 is 1.15 bits per heavy atom. The summed E-state index contributed by atoms with van der Waals surface area (Å²) >= 11 is 16.4. The highest BCUT2D eigenvalue weighted by Crippen LogP contribution is 2.28. The molecule has 20 heavy (non-hydrogen) atoms. The maximum atomic E-state index is 11.5. The number of amides is 1. The highest BCUT2D eigenvalue weighted by molar-refractivity contribution is 6.76. The average molecular weight is 335 g/mol. The number of furan rings is 1. The zero-order valence-electron chi connectivity index (χ0n) is 10.1. The molecule has 1 aromatic heterocycles. The molecule has 0 saturated heterocycles. The molecule has 0 spiro atoms. The van der Waals surface area contributed by atoms with Crippen LogP contribution in [0.3, 0.4) is 0 Å². The summed E-state index contributed by atoms with van der Waals surface area (Å²) < 4.78 is 3.39. The van der Waals surface area contributed by atoms with Crippen LogP contribution in [0.4, 0.5) is 5.69 Å². The Morgan fingerprint density at radius 2 is 1.80 bits per heavy atom. The van der Waals surface area contributed by atoms with Gasteiger partial charge in [0, 0.05) is 11.3 Å². The van der Waals surface area contributed by atoms with Crippen molar-refractivity contribution in [3.8, 4) is 11.3 Å². The summed E-state index contributed by atoms with van der Waals surface area (Å²) in [7, 11) is 0. The van der Waals surface area contributed by atoms with Crippen LogP contribution in [-0.2, 0) is 11.4 Å². The normalized spacial score (nSPS) is 11.4. The highest BCUT2D eigenvalue weighted by atomic mass is 35.6. The predicted molar refractivity (Wildman–Crippen MR) is 79.0 cm³/mol. The number of benzene rings is 1. The minimum atomic E-state index is -2.00. The molecule has 0 bridgehead atoms. The van der Waals surface area contributed by atoms with Gasteiger partial charge in [0.25, 0.3) is 9.70 Å². The van der Waals surface area contributed by atoms with Gasteiger partial charge < -0.3 is 14.8 Å². The first-order valence-electron chi connectivity index (χ1n) is 5.58. The molecule has 0 radical (unpaired) electrons. The van der Waals surface area contributed by atoms with Crippen molar-refractivity contribution in [1.82, 2.24) is 0 Å². The van der Waals surface area contributed by atoms with Crippen molar-refractivity contribution in [3.63, 3.8) is 0 Å². The third-order valence-electron chi connectivity index (χ3n) is 2.50. The third kappa shape index (κ3) is 3.67. The molecule has 106 valence electrons. The van der Waals surface area contributed by atoms with Gasteiger partial charge in [-0.3, -0.25) is 4.79 Å². The van der Waals surface area contributed by atoms with Crippen LogP contribution in [0.25, 0.3) is 11.3 Å². The number of anilines is 1. The van der Waals surface area contributed by atoms with Crippen molar-refractivity contribution in [2.45, 2.75) is 10.4 Å². The summed E-state index contributed by atoms with van der Waals surface area (Å²) in [5, 5.41) is 11.4. The van der Waals surface area contributed by atoms with E-state index in [1.165, 1.54) is 0 Å². The van der Waals surface area contributed by atoms with E-state index in [1.54, 1.807) is 36.4 Å². The topological polar surface area (TPSA) is 62.5 Å². The summed E-state index contributed by atoms with van der Waals surface area (Å²) in [5.41, 5.74) is 1.30. The summed E-state index contributed by atoms with van der Waals surface area (Å²) in [4.78, 5) is 11.5. The van der Waals surface area contributed by atoms with Crippen LogP contribution in [0.5, 0.6) is 0 Å². The van der Waals surface area contributed by atoms with Crippen molar-refractivity contribution in [1.29, 1.82) is 0 Å². The van der Waals surface area contributed by atoms with E-state index in [4.69, 9.17) is 44.3 Å².